The summed E-state index contributed by atoms with van der Waals surface area (Å²) in [7, 11) is 0. The van der Waals surface area contributed by atoms with Gasteiger partial charge in [0.15, 0.2) is 5.58 Å². The van der Waals surface area contributed by atoms with Crippen molar-refractivity contribution < 1.29 is 9.08 Å². The van der Waals surface area contributed by atoms with E-state index >= 15 is 0 Å². The molecule has 1 heterocycles. The van der Waals surface area contributed by atoms with Crippen molar-refractivity contribution in [1.82, 2.24) is 5.16 Å². The van der Waals surface area contributed by atoms with Gasteiger partial charge in [-0.2, -0.15) is 0 Å². The summed E-state index contributed by atoms with van der Waals surface area (Å²) < 4.78 is 22.3. The van der Waals surface area contributed by atoms with Crippen LogP contribution in [-0.4, -0.2) is 20.7 Å². The lowest BCUT2D eigenvalue weighted by molar-refractivity contribution is 0.459. The Morgan fingerprint density at radius 2 is 1.92 bits per heavy atom. The van der Waals surface area contributed by atoms with Crippen molar-refractivity contribution in [1.29, 1.82) is 0 Å². The molecule has 0 fully saturated rings. The Morgan fingerprint density at radius 3 is 2.67 bits per heavy atom. The molecule has 0 spiro atoms. The Hall–Kier alpha value is -1.63. The van der Waals surface area contributed by atoms with E-state index in [4.69, 9.17) is 4.52 Å². The second kappa shape index (κ2) is 6.70. The zero-order chi connectivity index (χ0) is 17.3. The third-order valence-electron chi connectivity index (χ3n) is 3.47. The minimum Gasteiger partial charge on any atom is -0.591 e. The van der Waals surface area contributed by atoms with E-state index < -0.39 is 16.1 Å². The van der Waals surface area contributed by atoms with Gasteiger partial charge in [0.25, 0.3) is 0 Å². The van der Waals surface area contributed by atoms with E-state index in [2.05, 4.69) is 25.5 Å². The molecule has 0 aliphatic rings. The summed E-state index contributed by atoms with van der Waals surface area (Å²) in [6.07, 6.45) is 1.64. The Balaban J connectivity index is 2.11. The number of para-hydroxylation sites is 1. The molecule has 24 heavy (non-hydrogen) atoms. The first-order valence-corrected chi connectivity index (χ1v) is 9.37. The van der Waals surface area contributed by atoms with Gasteiger partial charge in [0, 0.05) is 21.0 Å². The minimum atomic E-state index is -1.32. The van der Waals surface area contributed by atoms with Crippen LogP contribution >= 0.6 is 15.9 Å². The highest BCUT2D eigenvalue weighted by molar-refractivity contribution is 9.10. The summed E-state index contributed by atoms with van der Waals surface area (Å²) in [5.41, 5.74) is 3.17. The first-order valence-electron chi connectivity index (χ1n) is 7.47. The van der Waals surface area contributed by atoms with Crippen LogP contribution in [-0.2, 0) is 11.4 Å². The molecule has 0 aliphatic carbocycles. The maximum Gasteiger partial charge on any atom is 0.167 e. The quantitative estimate of drug-likeness (QED) is 0.448. The van der Waals surface area contributed by atoms with Gasteiger partial charge >= 0.3 is 0 Å². The molecule has 0 bridgehead atoms. The molecule has 4 nitrogen and oxygen atoms in total. The number of hydrogen-bond donors (Lipinski definition) is 0. The highest BCUT2D eigenvalue weighted by atomic mass is 79.9. The van der Waals surface area contributed by atoms with Crippen LogP contribution in [0.25, 0.3) is 22.2 Å². The molecule has 3 aromatic rings. The molecule has 0 radical (unpaired) electrons. The van der Waals surface area contributed by atoms with Crippen molar-refractivity contribution in [2.45, 2.75) is 25.5 Å². The SMILES string of the molecule is CC(C)(C)[S+]([O-])N=Cc1cccc(Br)c1-c1noc2ccccc12. The normalized spacial score (nSPS) is 13.7. The van der Waals surface area contributed by atoms with Gasteiger partial charge in [0.1, 0.15) is 21.8 Å². The molecule has 0 N–H and O–H groups in total. The van der Waals surface area contributed by atoms with Crippen LogP contribution in [0.1, 0.15) is 26.3 Å². The second-order valence-corrected chi connectivity index (χ2v) is 9.12. The lowest BCUT2D eigenvalue weighted by Gasteiger charge is -2.17. The van der Waals surface area contributed by atoms with Gasteiger partial charge in [-0.05, 0) is 39.0 Å². The van der Waals surface area contributed by atoms with Crippen LogP contribution in [0.2, 0.25) is 0 Å². The topological polar surface area (TPSA) is 61.5 Å². The third-order valence-corrected chi connectivity index (χ3v) is 5.48. The fourth-order valence-electron chi connectivity index (χ4n) is 2.23. The molecular formula is C18H17BrN2O2S. The number of aromatic nitrogens is 1. The van der Waals surface area contributed by atoms with Crippen LogP contribution < -0.4 is 0 Å². The maximum atomic E-state index is 12.2. The minimum absolute atomic E-state index is 0.400. The highest BCUT2D eigenvalue weighted by Crippen LogP contribution is 2.35. The lowest BCUT2D eigenvalue weighted by Crippen LogP contribution is -2.25. The Kier molecular flexibility index (Phi) is 4.80. The van der Waals surface area contributed by atoms with Crippen molar-refractivity contribution in [3.63, 3.8) is 0 Å². The number of hydrogen-bond acceptors (Lipinski definition) is 4. The molecule has 1 aromatic heterocycles. The largest absolute Gasteiger partial charge is 0.591 e. The van der Waals surface area contributed by atoms with Gasteiger partial charge in [-0.15, -0.1) is 0 Å². The Labute approximate surface area is 152 Å². The van der Waals surface area contributed by atoms with Gasteiger partial charge in [-0.25, -0.2) is 0 Å². The van der Waals surface area contributed by atoms with Crippen LogP contribution in [0.15, 0.2) is 55.9 Å². The fourth-order valence-corrected chi connectivity index (χ4v) is 3.32. The summed E-state index contributed by atoms with van der Waals surface area (Å²) in [6, 6.07) is 13.5. The number of halogens is 1. The van der Waals surface area contributed by atoms with Gasteiger partial charge in [-0.3, -0.25) is 0 Å². The summed E-state index contributed by atoms with van der Waals surface area (Å²) in [5.74, 6) is 0. The first-order chi connectivity index (χ1) is 11.4. The predicted molar refractivity (Wildman–Crippen MR) is 103 cm³/mol. The Morgan fingerprint density at radius 1 is 1.17 bits per heavy atom. The number of rotatable bonds is 3. The molecular weight excluding hydrogens is 388 g/mol. The molecule has 0 amide bonds. The Bertz CT molecular complexity index is 899. The summed E-state index contributed by atoms with van der Waals surface area (Å²) in [4.78, 5) is 0. The molecule has 0 saturated carbocycles. The lowest BCUT2D eigenvalue weighted by atomic mass is 10.0. The van der Waals surface area contributed by atoms with Crippen LogP contribution in [0.5, 0.6) is 0 Å². The van der Waals surface area contributed by atoms with Gasteiger partial charge in [0.05, 0.1) is 6.21 Å². The zero-order valence-corrected chi connectivity index (χ0v) is 16.0. The smallest absolute Gasteiger partial charge is 0.167 e. The summed E-state index contributed by atoms with van der Waals surface area (Å²) >= 11 is 2.27. The molecule has 124 valence electrons. The van der Waals surface area contributed by atoms with Crippen molar-refractivity contribution >= 4 is 44.5 Å². The van der Waals surface area contributed by atoms with Crippen molar-refractivity contribution in [3.8, 4) is 11.3 Å². The van der Waals surface area contributed by atoms with E-state index in [0.717, 1.165) is 32.3 Å². The molecule has 6 heteroatoms. The van der Waals surface area contributed by atoms with Crippen molar-refractivity contribution in [3.05, 3.63) is 52.5 Å². The third kappa shape index (κ3) is 3.41. The first kappa shape index (κ1) is 17.2. The fraction of sp³-hybridized carbons (Fsp3) is 0.222. The van der Waals surface area contributed by atoms with E-state index in [1.807, 2.05) is 63.2 Å². The standard InChI is InChI=1S/C18H17BrN2O2S/c1-18(2,3)24(22)20-11-12-7-6-9-14(19)16(12)17-13-8-4-5-10-15(13)23-21-17/h4-11H,1-3H3. The molecule has 2 aromatic carbocycles. The van der Waals surface area contributed by atoms with E-state index in [1.165, 1.54) is 0 Å². The van der Waals surface area contributed by atoms with Crippen molar-refractivity contribution in [2.24, 2.45) is 4.40 Å². The van der Waals surface area contributed by atoms with E-state index in [9.17, 15) is 4.55 Å². The van der Waals surface area contributed by atoms with E-state index in [-0.39, 0.29) is 0 Å². The zero-order valence-electron chi connectivity index (χ0n) is 13.6. The van der Waals surface area contributed by atoms with E-state index in [0.29, 0.717) is 0 Å². The molecule has 1 unspecified atom stereocenters. The van der Waals surface area contributed by atoms with Crippen LogP contribution in [0.3, 0.4) is 0 Å². The molecule has 0 aliphatic heterocycles. The highest BCUT2D eigenvalue weighted by Gasteiger charge is 2.26. The summed E-state index contributed by atoms with van der Waals surface area (Å²) in [5, 5.41) is 5.15. The number of benzene rings is 2. The molecule has 1 atom stereocenters. The van der Waals surface area contributed by atoms with Crippen LogP contribution in [0.4, 0.5) is 0 Å². The van der Waals surface area contributed by atoms with Crippen LogP contribution in [0, 0.1) is 0 Å². The predicted octanol–water partition coefficient (Wildman–Crippen LogP) is 5.14. The number of nitrogens with zero attached hydrogens (tertiary/aromatic N) is 2. The van der Waals surface area contributed by atoms with Crippen molar-refractivity contribution in [2.75, 3.05) is 0 Å². The average Bonchev–Trinajstić information content (AvgIpc) is 2.95. The average molecular weight is 405 g/mol. The maximum absolute atomic E-state index is 12.2. The van der Waals surface area contributed by atoms with Gasteiger partial charge < -0.3 is 9.08 Å². The molecule has 0 saturated heterocycles. The van der Waals surface area contributed by atoms with Gasteiger partial charge in [-0.1, -0.05) is 49.7 Å². The number of fused-ring (bicyclic) bond motifs is 1. The van der Waals surface area contributed by atoms with Gasteiger partial charge in [0.2, 0.25) is 0 Å². The molecule has 3 rings (SSSR count). The second-order valence-electron chi connectivity index (χ2n) is 6.33. The van der Waals surface area contributed by atoms with E-state index in [1.54, 1.807) is 6.21 Å². The monoisotopic (exact) mass is 404 g/mol. The summed E-state index contributed by atoms with van der Waals surface area (Å²) in [6.45, 7) is 5.69.